The Morgan fingerprint density at radius 3 is 2.44 bits per heavy atom. The number of rotatable bonds is 5. The Labute approximate surface area is 150 Å². The number of carbonyl (C=O) groups excluding carboxylic acids is 1. The zero-order valence-corrected chi connectivity index (χ0v) is 16.6. The summed E-state index contributed by atoms with van der Waals surface area (Å²) >= 11 is 0. The first-order chi connectivity index (χ1) is 11.3. The third-order valence-electron chi connectivity index (χ3n) is 5.31. The first-order valence-electron chi connectivity index (χ1n) is 8.84. The summed E-state index contributed by atoms with van der Waals surface area (Å²) in [6.07, 6.45) is 3.47. The van der Waals surface area contributed by atoms with Gasteiger partial charge in [-0.1, -0.05) is 32.3 Å². The highest BCUT2D eigenvalue weighted by atomic mass is 32.2. The van der Waals surface area contributed by atoms with Crippen molar-refractivity contribution in [2.75, 3.05) is 5.75 Å². The standard InChI is InChI=1S/C18H30N2O4S/c1-17(2,3)15-10-14(24-20-15)13-8-6-7-12(9-13)11-25(22,23)18(4,5)16(19)21/h10,12-13H,6-9,11H2,1-5H3,(H2,19,21). The Morgan fingerprint density at radius 2 is 1.92 bits per heavy atom. The second-order valence-electron chi connectivity index (χ2n) is 8.75. The Morgan fingerprint density at radius 1 is 1.28 bits per heavy atom. The van der Waals surface area contributed by atoms with Crippen molar-refractivity contribution in [2.45, 2.75) is 76.4 Å². The number of nitrogens with zero attached hydrogens (tertiary/aromatic N) is 1. The number of hydrogen-bond acceptors (Lipinski definition) is 5. The van der Waals surface area contributed by atoms with Gasteiger partial charge in [-0.15, -0.1) is 0 Å². The van der Waals surface area contributed by atoms with Gasteiger partial charge in [-0.25, -0.2) is 8.42 Å². The maximum Gasteiger partial charge on any atom is 0.238 e. The lowest BCUT2D eigenvalue weighted by molar-refractivity contribution is -0.119. The summed E-state index contributed by atoms with van der Waals surface area (Å²) in [4.78, 5) is 11.5. The molecule has 25 heavy (non-hydrogen) atoms. The van der Waals surface area contributed by atoms with Gasteiger partial charge in [0.15, 0.2) is 9.84 Å². The second kappa shape index (κ2) is 6.74. The van der Waals surface area contributed by atoms with E-state index < -0.39 is 20.5 Å². The first kappa shape index (κ1) is 19.9. The smallest absolute Gasteiger partial charge is 0.238 e. The quantitative estimate of drug-likeness (QED) is 0.858. The first-order valence-corrected chi connectivity index (χ1v) is 10.5. The molecule has 1 saturated carbocycles. The predicted octanol–water partition coefficient (Wildman–Crippen LogP) is 2.92. The Kier molecular flexibility index (Phi) is 5.38. The van der Waals surface area contributed by atoms with Crippen molar-refractivity contribution < 1.29 is 17.7 Å². The SMILES string of the molecule is CC(C)(C)c1cc(C2CCCC(CS(=O)(=O)C(C)(C)C(N)=O)C2)on1. The van der Waals surface area contributed by atoms with Crippen LogP contribution in [0.4, 0.5) is 0 Å². The Bertz CT molecular complexity index is 729. The van der Waals surface area contributed by atoms with Crippen LogP contribution >= 0.6 is 0 Å². The van der Waals surface area contributed by atoms with Crippen molar-refractivity contribution in [1.82, 2.24) is 5.16 Å². The lowest BCUT2D eigenvalue weighted by Gasteiger charge is -2.30. The van der Waals surface area contributed by atoms with Crippen LogP contribution in [0.2, 0.25) is 0 Å². The van der Waals surface area contributed by atoms with Gasteiger partial charge in [-0.3, -0.25) is 4.79 Å². The second-order valence-corrected chi connectivity index (χ2v) is 11.3. The lowest BCUT2D eigenvalue weighted by Crippen LogP contribution is -2.47. The molecule has 2 unspecified atom stereocenters. The third kappa shape index (κ3) is 4.25. The van der Waals surface area contributed by atoms with Crippen LogP contribution in [0.5, 0.6) is 0 Å². The van der Waals surface area contributed by atoms with E-state index in [2.05, 4.69) is 25.9 Å². The summed E-state index contributed by atoms with van der Waals surface area (Å²) in [7, 11) is -3.60. The summed E-state index contributed by atoms with van der Waals surface area (Å²) in [5.74, 6) is 0.200. The van der Waals surface area contributed by atoms with Gasteiger partial charge >= 0.3 is 0 Å². The molecule has 0 saturated heterocycles. The maximum atomic E-state index is 12.6. The van der Waals surface area contributed by atoms with E-state index in [1.807, 2.05) is 6.07 Å². The largest absolute Gasteiger partial charge is 0.368 e. The highest BCUT2D eigenvalue weighted by Gasteiger charge is 2.42. The Balaban J connectivity index is 2.11. The summed E-state index contributed by atoms with van der Waals surface area (Å²) in [5.41, 5.74) is 6.11. The average molecular weight is 371 g/mol. The van der Waals surface area contributed by atoms with E-state index in [9.17, 15) is 13.2 Å². The molecule has 2 rings (SSSR count). The zero-order valence-electron chi connectivity index (χ0n) is 15.8. The fourth-order valence-electron chi connectivity index (χ4n) is 3.21. The molecule has 1 aromatic rings. The summed E-state index contributed by atoms with van der Waals surface area (Å²) in [5, 5.41) is 4.17. The molecule has 1 aliphatic rings. The number of aromatic nitrogens is 1. The highest BCUT2D eigenvalue weighted by Crippen LogP contribution is 2.39. The predicted molar refractivity (Wildman–Crippen MR) is 97.0 cm³/mol. The number of carbonyl (C=O) groups is 1. The molecule has 2 atom stereocenters. The number of amides is 1. The minimum Gasteiger partial charge on any atom is -0.368 e. The summed E-state index contributed by atoms with van der Waals surface area (Å²) in [6, 6.07) is 1.99. The van der Waals surface area contributed by atoms with Crippen LogP contribution < -0.4 is 5.73 Å². The lowest BCUT2D eigenvalue weighted by atomic mass is 9.80. The van der Waals surface area contributed by atoms with Gasteiger partial charge < -0.3 is 10.3 Å². The van der Waals surface area contributed by atoms with E-state index in [1.165, 1.54) is 13.8 Å². The van der Waals surface area contributed by atoms with E-state index >= 15 is 0 Å². The van der Waals surface area contributed by atoms with Crippen molar-refractivity contribution >= 4 is 15.7 Å². The van der Waals surface area contributed by atoms with Gasteiger partial charge in [0, 0.05) is 17.4 Å². The molecule has 142 valence electrons. The number of sulfone groups is 1. The summed E-state index contributed by atoms with van der Waals surface area (Å²) in [6.45, 7) is 9.01. The number of nitrogens with two attached hydrogens (primary N) is 1. The molecule has 0 aromatic carbocycles. The van der Waals surface area contributed by atoms with E-state index in [4.69, 9.17) is 10.3 Å². The van der Waals surface area contributed by atoms with Gasteiger partial charge in [0.05, 0.1) is 11.4 Å². The van der Waals surface area contributed by atoms with Crippen LogP contribution in [0.25, 0.3) is 0 Å². The van der Waals surface area contributed by atoms with Crippen LogP contribution in [0, 0.1) is 5.92 Å². The van der Waals surface area contributed by atoms with Crippen LogP contribution in [0.1, 0.15) is 77.7 Å². The molecule has 2 N–H and O–H groups in total. The molecule has 0 aliphatic heterocycles. The van der Waals surface area contributed by atoms with Crippen LogP contribution in [-0.4, -0.2) is 30.0 Å². The molecule has 1 amide bonds. The molecular weight excluding hydrogens is 340 g/mol. The highest BCUT2D eigenvalue weighted by molar-refractivity contribution is 7.93. The molecule has 1 aliphatic carbocycles. The normalized spacial score (nSPS) is 22.8. The van der Waals surface area contributed by atoms with Crippen LogP contribution in [-0.2, 0) is 20.0 Å². The molecular formula is C18H30N2O4S. The fraction of sp³-hybridized carbons (Fsp3) is 0.778. The van der Waals surface area contributed by atoms with E-state index in [0.29, 0.717) is 0 Å². The number of hydrogen-bond donors (Lipinski definition) is 1. The van der Waals surface area contributed by atoms with Crippen molar-refractivity contribution in [3.63, 3.8) is 0 Å². The molecule has 1 heterocycles. The number of primary amides is 1. The molecule has 1 aromatic heterocycles. The Hall–Kier alpha value is -1.37. The monoisotopic (exact) mass is 370 g/mol. The third-order valence-corrected chi connectivity index (χ3v) is 7.97. The zero-order chi connectivity index (χ0) is 19.0. The van der Waals surface area contributed by atoms with E-state index in [-0.39, 0.29) is 23.0 Å². The van der Waals surface area contributed by atoms with Crippen molar-refractivity contribution in [1.29, 1.82) is 0 Å². The van der Waals surface area contributed by atoms with Gasteiger partial charge in [-0.05, 0) is 39.0 Å². The molecule has 0 radical (unpaired) electrons. The van der Waals surface area contributed by atoms with Gasteiger partial charge in [0.2, 0.25) is 5.91 Å². The summed E-state index contributed by atoms with van der Waals surface area (Å²) < 4.78 is 29.2. The van der Waals surface area contributed by atoms with Crippen molar-refractivity contribution in [2.24, 2.45) is 11.7 Å². The van der Waals surface area contributed by atoms with Gasteiger partial charge in [0.25, 0.3) is 0 Å². The maximum absolute atomic E-state index is 12.6. The van der Waals surface area contributed by atoms with E-state index in [1.54, 1.807) is 0 Å². The molecule has 7 heteroatoms. The van der Waals surface area contributed by atoms with Crippen LogP contribution in [0.15, 0.2) is 10.6 Å². The van der Waals surface area contributed by atoms with Crippen LogP contribution in [0.3, 0.4) is 0 Å². The molecule has 0 bridgehead atoms. The molecule has 6 nitrogen and oxygen atoms in total. The van der Waals surface area contributed by atoms with Crippen molar-refractivity contribution in [3.8, 4) is 0 Å². The molecule has 0 spiro atoms. The van der Waals surface area contributed by atoms with Crippen molar-refractivity contribution in [3.05, 3.63) is 17.5 Å². The minimum absolute atomic E-state index is 0.00515. The fourth-order valence-corrected chi connectivity index (χ4v) is 4.85. The average Bonchev–Trinajstić information content (AvgIpc) is 2.96. The topological polar surface area (TPSA) is 103 Å². The molecule has 1 fully saturated rings. The van der Waals surface area contributed by atoms with E-state index in [0.717, 1.165) is 37.1 Å². The van der Waals surface area contributed by atoms with Gasteiger partial charge in [-0.2, -0.15) is 0 Å². The minimum atomic E-state index is -3.60. The van der Waals surface area contributed by atoms with Gasteiger partial charge in [0.1, 0.15) is 10.5 Å².